The van der Waals surface area contributed by atoms with E-state index in [2.05, 4.69) is 34.3 Å². The lowest BCUT2D eigenvalue weighted by Crippen LogP contribution is -2.56. The molecular weight excluding hydrogens is 226 g/mol. The van der Waals surface area contributed by atoms with E-state index in [1.54, 1.807) is 0 Å². The highest BCUT2D eigenvalue weighted by molar-refractivity contribution is 5.81. The molecule has 0 aromatic heterocycles. The molecule has 0 N–H and O–H groups in total. The number of ether oxygens (including phenoxy) is 1. The van der Waals surface area contributed by atoms with Gasteiger partial charge in [-0.25, -0.2) is 4.79 Å². The van der Waals surface area contributed by atoms with Gasteiger partial charge >= 0.3 is 5.97 Å². The molecule has 0 aromatic rings. The number of nitrogens with zero attached hydrogens (tertiary/aromatic N) is 1. The third-order valence-electron chi connectivity index (χ3n) is 3.81. The van der Waals surface area contributed by atoms with Crippen LogP contribution in [0.4, 0.5) is 0 Å². The van der Waals surface area contributed by atoms with Crippen LogP contribution in [0.5, 0.6) is 0 Å². The van der Waals surface area contributed by atoms with Crippen molar-refractivity contribution in [3.63, 3.8) is 0 Å². The first-order valence-electron chi connectivity index (χ1n) is 7.21. The number of quaternary nitrogens is 1. The summed E-state index contributed by atoms with van der Waals surface area (Å²) in [6.07, 6.45) is 4.73. The minimum absolute atomic E-state index is 0.315. The van der Waals surface area contributed by atoms with Gasteiger partial charge in [-0.3, -0.25) is 0 Å². The van der Waals surface area contributed by atoms with Crippen LogP contribution in [0.3, 0.4) is 0 Å². The van der Waals surface area contributed by atoms with E-state index in [-0.39, 0.29) is 5.97 Å². The maximum atomic E-state index is 11.1. The fourth-order valence-corrected chi connectivity index (χ4v) is 2.66. The highest BCUT2D eigenvalue weighted by Gasteiger charge is 2.31. The molecule has 106 valence electrons. The first-order valence-corrected chi connectivity index (χ1v) is 7.21. The van der Waals surface area contributed by atoms with Gasteiger partial charge in [0.05, 0.1) is 19.1 Å². The summed E-state index contributed by atoms with van der Waals surface area (Å²) in [5.41, 5.74) is 0. The zero-order chi connectivity index (χ0) is 14.0. The van der Waals surface area contributed by atoms with Crippen LogP contribution in [0.2, 0.25) is 0 Å². The van der Waals surface area contributed by atoms with Crippen LogP contribution >= 0.6 is 0 Å². The van der Waals surface area contributed by atoms with Gasteiger partial charge in [0.2, 0.25) is 0 Å². The first-order chi connectivity index (χ1) is 8.56. The number of hydrogen-bond acceptors (Lipinski definition) is 2. The van der Waals surface area contributed by atoms with E-state index in [4.69, 9.17) is 4.74 Å². The standard InChI is InChI=1S/C15H30NO2/c1-6-10-16(11-7-2,14(5)8-3)12-13-18-15(17)9-4/h9,14H,4,6-8,10-13H2,1-3,5H3/q+1. The molecule has 0 aromatic carbocycles. The highest BCUT2D eigenvalue weighted by Crippen LogP contribution is 2.18. The minimum atomic E-state index is -0.315. The van der Waals surface area contributed by atoms with Crippen molar-refractivity contribution in [2.24, 2.45) is 0 Å². The Hall–Kier alpha value is -0.830. The smallest absolute Gasteiger partial charge is 0.330 e. The van der Waals surface area contributed by atoms with Crippen LogP contribution in [-0.4, -0.2) is 42.7 Å². The van der Waals surface area contributed by atoms with Gasteiger partial charge < -0.3 is 9.22 Å². The van der Waals surface area contributed by atoms with E-state index in [1.807, 2.05) is 0 Å². The SMILES string of the molecule is C=CC(=O)OCC[N+](CCC)(CCC)C(C)CC. The molecule has 0 saturated carbocycles. The molecule has 0 fully saturated rings. The first kappa shape index (κ1) is 17.2. The Morgan fingerprint density at radius 2 is 1.78 bits per heavy atom. The van der Waals surface area contributed by atoms with Gasteiger partial charge in [-0.15, -0.1) is 0 Å². The maximum Gasteiger partial charge on any atom is 0.330 e. The van der Waals surface area contributed by atoms with Crippen molar-refractivity contribution in [2.75, 3.05) is 26.2 Å². The Bertz CT molecular complexity index is 245. The van der Waals surface area contributed by atoms with E-state index >= 15 is 0 Å². The summed E-state index contributed by atoms with van der Waals surface area (Å²) in [5.74, 6) is -0.315. The van der Waals surface area contributed by atoms with E-state index in [0.29, 0.717) is 12.6 Å². The molecule has 1 unspecified atom stereocenters. The second kappa shape index (κ2) is 9.15. The third kappa shape index (κ3) is 5.21. The number of rotatable bonds is 10. The van der Waals surface area contributed by atoms with Crippen LogP contribution < -0.4 is 0 Å². The predicted molar refractivity (Wildman–Crippen MR) is 76.4 cm³/mol. The third-order valence-corrected chi connectivity index (χ3v) is 3.81. The summed E-state index contributed by atoms with van der Waals surface area (Å²) in [6.45, 7) is 16.1. The summed E-state index contributed by atoms with van der Waals surface area (Å²) in [4.78, 5) is 11.1. The minimum Gasteiger partial charge on any atom is -0.457 e. The molecule has 0 spiro atoms. The normalized spacial score (nSPS) is 13.1. The quantitative estimate of drug-likeness (QED) is 0.341. The zero-order valence-electron chi connectivity index (χ0n) is 12.6. The van der Waals surface area contributed by atoms with Crippen molar-refractivity contribution in [1.82, 2.24) is 0 Å². The molecule has 0 saturated heterocycles. The monoisotopic (exact) mass is 256 g/mol. The molecule has 0 heterocycles. The number of carbonyl (C=O) groups is 1. The highest BCUT2D eigenvalue weighted by atomic mass is 16.5. The van der Waals surface area contributed by atoms with Gasteiger partial charge in [0.15, 0.2) is 0 Å². The number of carbonyl (C=O) groups excluding carboxylic acids is 1. The second-order valence-electron chi connectivity index (χ2n) is 5.02. The van der Waals surface area contributed by atoms with Crippen molar-refractivity contribution in [1.29, 1.82) is 0 Å². The molecule has 0 aliphatic heterocycles. The molecule has 18 heavy (non-hydrogen) atoms. The number of esters is 1. The molecule has 1 atom stereocenters. The van der Waals surface area contributed by atoms with Crippen molar-refractivity contribution in [3.8, 4) is 0 Å². The van der Waals surface area contributed by atoms with Crippen molar-refractivity contribution >= 4 is 5.97 Å². The summed E-state index contributed by atoms with van der Waals surface area (Å²) >= 11 is 0. The van der Waals surface area contributed by atoms with E-state index < -0.39 is 0 Å². The van der Waals surface area contributed by atoms with Crippen LogP contribution in [0.15, 0.2) is 12.7 Å². The van der Waals surface area contributed by atoms with Gasteiger partial charge in [0.25, 0.3) is 0 Å². The average Bonchev–Trinajstić information content (AvgIpc) is 2.37. The second-order valence-corrected chi connectivity index (χ2v) is 5.02. The Labute approximate surface area is 112 Å². The average molecular weight is 256 g/mol. The van der Waals surface area contributed by atoms with Gasteiger partial charge in [0, 0.05) is 6.08 Å². The molecular formula is C15H30NO2+. The predicted octanol–water partition coefficient (Wildman–Crippen LogP) is 3.15. The molecule has 0 bridgehead atoms. The molecule has 0 rings (SSSR count). The van der Waals surface area contributed by atoms with Gasteiger partial charge in [0.1, 0.15) is 13.2 Å². The lowest BCUT2D eigenvalue weighted by Gasteiger charge is -2.43. The van der Waals surface area contributed by atoms with Crippen LogP contribution in [-0.2, 0) is 9.53 Å². The zero-order valence-corrected chi connectivity index (χ0v) is 12.6. The fourth-order valence-electron chi connectivity index (χ4n) is 2.66. The van der Waals surface area contributed by atoms with E-state index in [1.165, 1.54) is 18.9 Å². The number of hydrogen-bond donors (Lipinski definition) is 0. The van der Waals surface area contributed by atoms with Crippen LogP contribution in [0.25, 0.3) is 0 Å². The lowest BCUT2D eigenvalue weighted by atomic mass is 10.1. The molecule has 3 heteroatoms. The summed E-state index contributed by atoms with van der Waals surface area (Å²) in [6, 6.07) is 0.618. The Morgan fingerprint density at radius 1 is 1.22 bits per heavy atom. The molecule has 0 aliphatic rings. The summed E-state index contributed by atoms with van der Waals surface area (Å²) in [7, 11) is 0. The molecule has 0 aliphatic carbocycles. The Morgan fingerprint density at radius 3 is 2.17 bits per heavy atom. The fraction of sp³-hybridized carbons (Fsp3) is 0.800. The van der Waals surface area contributed by atoms with Crippen LogP contribution in [0.1, 0.15) is 47.0 Å². The van der Waals surface area contributed by atoms with Crippen LogP contribution in [0, 0.1) is 0 Å². The maximum absolute atomic E-state index is 11.1. The summed E-state index contributed by atoms with van der Waals surface area (Å²) in [5, 5.41) is 0. The molecule has 0 radical (unpaired) electrons. The van der Waals surface area contributed by atoms with Crippen molar-refractivity contribution in [2.45, 2.75) is 53.0 Å². The molecule has 0 amide bonds. The van der Waals surface area contributed by atoms with Crippen molar-refractivity contribution < 1.29 is 14.0 Å². The van der Waals surface area contributed by atoms with E-state index in [9.17, 15) is 4.79 Å². The largest absolute Gasteiger partial charge is 0.457 e. The van der Waals surface area contributed by atoms with Gasteiger partial charge in [-0.2, -0.15) is 0 Å². The lowest BCUT2D eigenvalue weighted by molar-refractivity contribution is -0.949. The van der Waals surface area contributed by atoms with Crippen molar-refractivity contribution in [3.05, 3.63) is 12.7 Å². The Kier molecular flexibility index (Phi) is 8.73. The topological polar surface area (TPSA) is 26.3 Å². The van der Waals surface area contributed by atoms with Gasteiger partial charge in [-0.1, -0.05) is 27.4 Å². The summed E-state index contributed by atoms with van der Waals surface area (Å²) < 4.78 is 6.22. The molecule has 3 nitrogen and oxygen atoms in total. The van der Waals surface area contributed by atoms with Gasteiger partial charge in [-0.05, 0) is 26.2 Å². The Balaban J connectivity index is 4.60. The van der Waals surface area contributed by atoms with E-state index in [0.717, 1.165) is 30.5 Å².